The molecule has 0 unspecified atom stereocenters. The second-order valence-corrected chi connectivity index (χ2v) is 6.79. The maximum atomic E-state index is 12.3. The maximum Gasteiger partial charge on any atom is 0.323 e. The van der Waals surface area contributed by atoms with Crippen LogP contribution in [-0.2, 0) is 4.79 Å². The number of fused-ring (bicyclic) bond motifs is 1. The third-order valence-electron chi connectivity index (χ3n) is 3.83. The van der Waals surface area contributed by atoms with Gasteiger partial charge in [-0.15, -0.1) is 0 Å². The van der Waals surface area contributed by atoms with E-state index >= 15 is 0 Å². The Hall–Kier alpha value is -3.33. The number of hydrogen-bond acceptors (Lipinski definition) is 6. The summed E-state index contributed by atoms with van der Waals surface area (Å²) in [7, 11) is 3.09. The molecule has 146 valence electrons. The summed E-state index contributed by atoms with van der Waals surface area (Å²) in [6.45, 7) is 1.77. The minimum Gasteiger partial charge on any atom is -0.497 e. The SMILES string of the molecule is CCC(=O)Nc1nc2c(OC)cc(NC(=O)Nc3cccc(OC)c3)cc2s1. The molecule has 0 saturated carbocycles. The molecular formula is C19H20N4O4S. The Morgan fingerprint density at radius 3 is 2.54 bits per heavy atom. The van der Waals surface area contributed by atoms with E-state index in [1.807, 2.05) is 0 Å². The number of benzene rings is 2. The predicted molar refractivity (Wildman–Crippen MR) is 111 cm³/mol. The maximum absolute atomic E-state index is 12.3. The van der Waals surface area contributed by atoms with E-state index in [0.717, 1.165) is 4.70 Å². The number of hydrogen-bond donors (Lipinski definition) is 3. The number of nitrogens with zero attached hydrogens (tertiary/aromatic N) is 1. The number of ether oxygens (including phenoxy) is 2. The Bertz CT molecular complexity index is 1020. The molecule has 9 heteroatoms. The van der Waals surface area contributed by atoms with Gasteiger partial charge in [0.05, 0.1) is 18.9 Å². The number of amides is 3. The van der Waals surface area contributed by atoms with E-state index in [1.54, 1.807) is 50.4 Å². The van der Waals surface area contributed by atoms with Gasteiger partial charge in [0.25, 0.3) is 0 Å². The summed E-state index contributed by atoms with van der Waals surface area (Å²) in [4.78, 5) is 28.3. The first kappa shape index (κ1) is 19.4. The molecule has 8 nitrogen and oxygen atoms in total. The van der Waals surface area contributed by atoms with Crippen molar-refractivity contribution in [2.24, 2.45) is 0 Å². The summed E-state index contributed by atoms with van der Waals surface area (Å²) in [5.41, 5.74) is 1.77. The monoisotopic (exact) mass is 400 g/mol. The summed E-state index contributed by atoms with van der Waals surface area (Å²) in [5.74, 6) is 1.03. The van der Waals surface area contributed by atoms with Crippen LogP contribution in [0.5, 0.6) is 11.5 Å². The largest absolute Gasteiger partial charge is 0.497 e. The van der Waals surface area contributed by atoms with Crippen LogP contribution in [0, 0.1) is 0 Å². The third kappa shape index (κ3) is 4.49. The highest BCUT2D eigenvalue weighted by Crippen LogP contribution is 2.35. The number of anilines is 3. The summed E-state index contributed by atoms with van der Waals surface area (Å²) in [5, 5.41) is 8.75. The lowest BCUT2D eigenvalue weighted by atomic mass is 10.2. The number of aromatic nitrogens is 1. The Labute approximate surface area is 165 Å². The van der Waals surface area contributed by atoms with Crippen molar-refractivity contribution < 1.29 is 19.1 Å². The van der Waals surface area contributed by atoms with Gasteiger partial charge in [-0.3, -0.25) is 4.79 Å². The van der Waals surface area contributed by atoms with Crippen LogP contribution in [0.3, 0.4) is 0 Å². The van der Waals surface area contributed by atoms with E-state index in [2.05, 4.69) is 20.9 Å². The van der Waals surface area contributed by atoms with E-state index in [0.29, 0.717) is 39.9 Å². The van der Waals surface area contributed by atoms with Crippen LogP contribution in [0.4, 0.5) is 21.3 Å². The molecule has 0 aliphatic carbocycles. The molecule has 0 atom stereocenters. The number of urea groups is 1. The highest BCUT2D eigenvalue weighted by atomic mass is 32.1. The predicted octanol–water partition coefficient (Wildman–Crippen LogP) is 4.31. The van der Waals surface area contributed by atoms with Crippen molar-refractivity contribution in [3.8, 4) is 11.5 Å². The van der Waals surface area contributed by atoms with Gasteiger partial charge in [0, 0.05) is 29.9 Å². The summed E-state index contributed by atoms with van der Waals surface area (Å²) in [6.07, 6.45) is 0.365. The normalized spacial score (nSPS) is 10.4. The lowest BCUT2D eigenvalue weighted by Crippen LogP contribution is -2.19. The lowest BCUT2D eigenvalue weighted by Gasteiger charge is -2.10. The molecule has 28 heavy (non-hydrogen) atoms. The molecule has 0 fully saturated rings. The van der Waals surface area contributed by atoms with Gasteiger partial charge in [-0.25, -0.2) is 9.78 Å². The van der Waals surface area contributed by atoms with E-state index in [1.165, 1.54) is 18.4 Å². The average Bonchev–Trinajstić information content (AvgIpc) is 3.09. The zero-order valence-corrected chi connectivity index (χ0v) is 16.5. The fourth-order valence-corrected chi connectivity index (χ4v) is 3.42. The number of rotatable bonds is 6. The Balaban J connectivity index is 1.80. The molecule has 0 saturated heterocycles. The highest BCUT2D eigenvalue weighted by Gasteiger charge is 2.14. The van der Waals surface area contributed by atoms with Gasteiger partial charge in [-0.1, -0.05) is 24.3 Å². The quantitative estimate of drug-likeness (QED) is 0.572. The van der Waals surface area contributed by atoms with Crippen LogP contribution in [0.25, 0.3) is 10.2 Å². The second kappa shape index (κ2) is 8.57. The molecule has 0 spiro atoms. The highest BCUT2D eigenvalue weighted by molar-refractivity contribution is 7.22. The van der Waals surface area contributed by atoms with Crippen LogP contribution < -0.4 is 25.4 Å². The van der Waals surface area contributed by atoms with Gasteiger partial charge in [0.1, 0.15) is 17.0 Å². The molecule has 0 bridgehead atoms. The number of thiazole rings is 1. The van der Waals surface area contributed by atoms with Crippen molar-refractivity contribution in [1.29, 1.82) is 0 Å². The average molecular weight is 400 g/mol. The Morgan fingerprint density at radius 1 is 1.04 bits per heavy atom. The number of methoxy groups -OCH3 is 2. The second-order valence-electron chi connectivity index (χ2n) is 5.76. The molecule has 3 aromatic rings. The van der Waals surface area contributed by atoms with E-state index in [4.69, 9.17) is 9.47 Å². The molecule has 1 aromatic heterocycles. The fraction of sp³-hybridized carbons (Fsp3) is 0.211. The third-order valence-corrected chi connectivity index (χ3v) is 4.75. The molecular weight excluding hydrogens is 380 g/mol. The van der Waals surface area contributed by atoms with Crippen molar-refractivity contribution in [2.75, 3.05) is 30.2 Å². The summed E-state index contributed by atoms with van der Waals surface area (Å²) in [6, 6.07) is 10.1. The fourth-order valence-electron chi connectivity index (χ4n) is 2.48. The topological polar surface area (TPSA) is 102 Å². The van der Waals surface area contributed by atoms with Gasteiger partial charge in [0.15, 0.2) is 5.13 Å². The van der Waals surface area contributed by atoms with Gasteiger partial charge in [0.2, 0.25) is 5.91 Å². The van der Waals surface area contributed by atoms with Crippen molar-refractivity contribution >= 4 is 50.0 Å². The zero-order valence-electron chi connectivity index (χ0n) is 15.7. The standard InChI is InChI=1S/C19H20N4O4S/c1-4-16(24)22-19-23-17-14(27-3)9-12(10-15(17)28-19)21-18(25)20-11-6-5-7-13(8-11)26-2/h5-10H,4H2,1-3H3,(H2,20,21,25)(H,22,23,24). The van der Waals surface area contributed by atoms with Crippen molar-refractivity contribution in [2.45, 2.75) is 13.3 Å². The molecule has 2 aromatic carbocycles. The summed E-state index contributed by atoms with van der Waals surface area (Å²) >= 11 is 1.31. The van der Waals surface area contributed by atoms with E-state index in [9.17, 15) is 9.59 Å². The van der Waals surface area contributed by atoms with Crippen LogP contribution in [0.15, 0.2) is 36.4 Å². The van der Waals surface area contributed by atoms with Crippen LogP contribution in [0.1, 0.15) is 13.3 Å². The first-order valence-electron chi connectivity index (χ1n) is 8.53. The molecule has 1 heterocycles. The number of carbonyl (C=O) groups is 2. The Morgan fingerprint density at radius 2 is 1.82 bits per heavy atom. The number of carbonyl (C=O) groups excluding carboxylic acids is 2. The first-order valence-corrected chi connectivity index (χ1v) is 9.34. The lowest BCUT2D eigenvalue weighted by molar-refractivity contribution is -0.115. The zero-order chi connectivity index (χ0) is 20.1. The van der Waals surface area contributed by atoms with Gasteiger partial charge in [-0.2, -0.15) is 0 Å². The summed E-state index contributed by atoms with van der Waals surface area (Å²) < 4.78 is 11.3. The molecule has 0 aliphatic heterocycles. The van der Waals surface area contributed by atoms with Gasteiger partial charge < -0.3 is 25.4 Å². The molecule has 3 amide bonds. The van der Waals surface area contributed by atoms with Crippen LogP contribution >= 0.6 is 11.3 Å². The van der Waals surface area contributed by atoms with E-state index in [-0.39, 0.29) is 5.91 Å². The van der Waals surface area contributed by atoms with E-state index < -0.39 is 6.03 Å². The van der Waals surface area contributed by atoms with Crippen molar-refractivity contribution in [3.05, 3.63) is 36.4 Å². The van der Waals surface area contributed by atoms with Gasteiger partial charge in [-0.05, 0) is 18.2 Å². The minimum atomic E-state index is -0.404. The van der Waals surface area contributed by atoms with Crippen LogP contribution in [-0.4, -0.2) is 31.1 Å². The molecule has 0 aliphatic rings. The molecule has 0 radical (unpaired) electrons. The molecule has 3 rings (SSSR count). The number of nitrogens with one attached hydrogen (secondary N) is 3. The molecule has 3 N–H and O–H groups in total. The van der Waals surface area contributed by atoms with Crippen molar-refractivity contribution in [1.82, 2.24) is 4.98 Å². The smallest absolute Gasteiger partial charge is 0.323 e. The van der Waals surface area contributed by atoms with Crippen molar-refractivity contribution in [3.63, 3.8) is 0 Å². The minimum absolute atomic E-state index is 0.117. The van der Waals surface area contributed by atoms with Gasteiger partial charge >= 0.3 is 6.03 Å². The van der Waals surface area contributed by atoms with Crippen LogP contribution in [0.2, 0.25) is 0 Å². The Kier molecular flexibility index (Phi) is 5.95. The first-order chi connectivity index (χ1) is 13.5.